The molecule has 1 aromatic carbocycles. The maximum absolute atomic E-state index is 12.5. The van der Waals surface area contributed by atoms with Gasteiger partial charge in [0, 0.05) is 17.9 Å². The van der Waals surface area contributed by atoms with E-state index in [1.165, 1.54) is 24.3 Å². The number of rotatable bonds is 4. The zero-order valence-corrected chi connectivity index (χ0v) is 14.5. The summed E-state index contributed by atoms with van der Waals surface area (Å²) in [5.74, 6) is -1.93. The zero-order valence-electron chi connectivity index (χ0n) is 13.7. The van der Waals surface area contributed by atoms with E-state index in [9.17, 15) is 23.1 Å². The van der Waals surface area contributed by atoms with E-state index in [1.54, 1.807) is 0 Å². The van der Waals surface area contributed by atoms with Crippen LogP contribution in [0.25, 0.3) is 0 Å². The number of carboxylic acid groups (broad SMARTS) is 1. The van der Waals surface area contributed by atoms with Crippen LogP contribution < -0.4 is 5.32 Å². The molecule has 2 unspecified atom stereocenters. The Labute approximate surface area is 142 Å². The van der Waals surface area contributed by atoms with Gasteiger partial charge in [-0.05, 0) is 31.0 Å². The SMILES string of the molecule is CS(=O)(=O)c1cccc(C(=O)NC2CCCCCCC2C(=O)O)c1. The molecule has 1 fully saturated rings. The molecule has 0 aromatic heterocycles. The van der Waals surface area contributed by atoms with Crippen LogP contribution in [0, 0.1) is 5.92 Å². The van der Waals surface area contributed by atoms with Crippen molar-refractivity contribution >= 4 is 21.7 Å². The molecule has 7 heteroatoms. The summed E-state index contributed by atoms with van der Waals surface area (Å²) in [6.07, 6.45) is 6.01. The number of hydrogen-bond acceptors (Lipinski definition) is 4. The van der Waals surface area contributed by atoms with Gasteiger partial charge < -0.3 is 10.4 Å². The van der Waals surface area contributed by atoms with Gasteiger partial charge in [0.2, 0.25) is 0 Å². The first-order valence-corrected chi connectivity index (χ1v) is 10.0. The summed E-state index contributed by atoms with van der Waals surface area (Å²) in [7, 11) is -3.40. The highest BCUT2D eigenvalue weighted by Gasteiger charge is 2.30. The van der Waals surface area contributed by atoms with E-state index in [4.69, 9.17) is 0 Å². The molecule has 132 valence electrons. The molecule has 0 radical (unpaired) electrons. The number of aliphatic carboxylic acids is 1. The minimum atomic E-state index is -3.40. The standard InChI is InChI=1S/C17H23NO5S/c1-24(22,23)13-8-6-7-12(11-13)16(19)18-15-10-5-3-2-4-9-14(15)17(20)21/h6-8,11,14-15H,2-5,9-10H2,1H3,(H,18,19)(H,20,21). The van der Waals surface area contributed by atoms with Crippen LogP contribution >= 0.6 is 0 Å². The van der Waals surface area contributed by atoms with Gasteiger partial charge in [-0.15, -0.1) is 0 Å². The molecule has 6 nitrogen and oxygen atoms in total. The lowest BCUT2D eigenvalue weighted by atomic mass is 9.86. The smallest absolute Gasteiger partial charge is 0.308 e. The Bertz CT molecular complexity index is 713. The van der Waals surface area contributed by atoms with Crippen molar-refractivity contribution in [1.29, 1.82) is 0 Å². The summed E-state index contributed by atoms with van der Waals surface area (Å²) >= 11 is 0. The van der Waals surface area contributed by atoms with Gasteiger partial charge in [0.15, 0.2) is 9.84 Å². The predicted octanol–water partition coefficient (Wildman–Crippen LogP) is 2.24. The Kier molecular flexibility index (Phi) is 5.99. The highest BCUT2D eigenvalue weighted by molar-refractivity contribution is 7.90. The van der Waals surface area contributed by atoms with Crippen LogP contribution in [0.3, 0.4) is 0 Å². The Morgan fingerprint density at radius 1 is 1.12 bits per heavy atom. The lowest BCUT2D eigenvalue weighted by Crippen LogP contribution is -2.44. The molecule has 0 bridgehead atoms. The van der Waals surface area contributed by atoms with Crippen molar-refractivity contribution in [2.75, 3.05) is 6.26 Å². The lowest BCUT2D eigenvalue weighted by molar-refractivity contribution is -0.143. The summed E-state index contributed by atoms with van der Waals surface area (Å²) in [6.45, 7) is 0. The van der Waals surface area contributed by atoms with Gasteiger partial charge in [-0.25, -0.2) is 8.42 Å². The predicted molar refractivity (Wildman–Crippen MR) is 89.6 cm³/mol. The molecule has 2 N–H and O–H groups in total. The molecule has 2 atom stereocenters. The fourth-order valence-electron chi connectivity index (χ4n) is 3.07. The molecule has 0 saturated heterocycles. The molecule has 1 aromatic rings. The van der Waals surface area contributed by atoms with Gasteiger partial charge in [-0.2, -0.15) is 0 Å². The molecular weight excluding hydrogens is 330 g/mol. The molecule has 0 heterocycles. The van der Waals surface area contributed by atoms with Crippen molar-refractivity contribution in [2.45, 2.75) is 49.5 Å². The summed E-state index contributed by atoms with van der Waals surface area (Å²) in [6, 6.07) is 5.36. The molecule has 1 aliphatic carbocycles. The Hall–Kier alpha value is -1.89. The van der Waals surface area contributed by atoms with Crippen LogP contribution in [0.4, 0.5) is 0 Å². The van der Waals surface area contributed by atoms with Gasteiger partial charge in [0.05, 0.1) is 10.8 Å². The van der Waals surface area contributed by atoms with Crippen LogP contribution in [0.15, 0.2) is 29.2 Å². The number of nitrogens with one attached hydrogen (secondary N) is 1. The van der Waals surface area contributed by atoms with Crippen LogP contribution in [0.1, 0.15) is 48.9 Å². The molecule has 24 heavy (non-hydrogen) atoms. The fourth-order valence-corrected chi connectivity index (χ4v) is 3.74. The third kappa shape index (κ3) is 4.80. The fraction of sp³-hybridized carbons (Fsp3) is 0.529. The molecule has 2 rings (SSSR count). The second kappa shape index (κ2) is 7.79. The van der Waals surface area contributed by atoms with Crippen molar-refractivity contribution in [3.63, 3.8) is 0 Å². The van der Waals surface area contributed by atoms with Gasteiger partial charge in [0.1, 0.15) is 0 Å². The van der Waals surface area contributed by atoms with E-state index >= 15 is 0 Å². The Balaban J connectivity index is 2.18. The highest BCUT2D eigenvalue weighted by Crippen LogP contribution is 2.24. The third-order valence-electron chi connectivity index (χ3n) is 4.42. The number of carboxylic acids is 1. The average molecular weight is 353 g/mol. The largest absolute Gasteiger partial charge is 0.481 e. The molecule has 1 saturated carbocycles. The number of carbonyl (C=O) groups is 2. The van der Waals surface area contributed by atoms with Gasteiger partial charge >= 0.3 is 5.97 Å². The Morgan fingerprint density at radius 3 is 2.42 bits per heavy atom. The van der Waals surface area contributed by atoms with Crippen molar-refractivity contribution < 1.29 is 23.1 Å². The normalized spacial score (nSPS) is 22.2. The number of sulfone groups is 1. The highest BCUT2D eigenvalue weighted by atomic mass is 32.2. The van der Waals surface area contributed by atoms with Crippen molar-refractivity contribution in [1.82, 2.24) is 5.32 Å². The van der Waals surface area contributed by atoms with Crippen LogP contribution in [0.2, 0.25) is 0 Å². The van der Waals surface area contributed by atoms with Crippen molar-refractivity contribution in [3.05, 3.63) is 29.8 Å². The number of amides is 1. The van der Waals surface area contributed by atoms with Crippen LogP contribution in [0.5, 0.6) is 0 Å². The van der Waals surface area contributed by atoms with Gasteiger partial charge in [-0.3, -0.25) is 9.59 Å². The quantitative estimate of drug-likeness (QED) is 0.864. The second-order valence-corrected chi connectivity index (χ2v) is 8.33. The van der Waals surface area contributed by atoms with E-state index in [0.717, 1.165) is 31.9 Å². The lowest BCUT2D eigenvalue weighted by Gasteiger charge is -2.27. The zero-order chi connectivity index (χ0) is 17.7. The van der Waals surface area contributed by atoms with Crippen LogP contribution in [-0.2, 0) is 14.6 Å². The van der Waals surface area contributed by atoms with E-state index in [0.29, 0.717) is 12.8 Å². The number of benzene rings is 1. The summed E-state index contributed by atoms with van der Waals surface area (Å²) in [4.78, 5) is 24.0. The Morgan fingerprint density at radius 2 is 1.79 bits per heavy atom. The average Bonchev–Trinajstić information content (AvgIpc) is 2.49. The monoisotopic (exact) mass is 353 g/mol. The van der Waals surface area contributed by atoms with E-state index in [1.807, 2.05) is 0 Å². The summed E-state index contributed by atoms with van der Waals surface area (Å²) < 4.78 is 23.2. The van der Waals surface area contributed by atoms with E-state index in [2.05, 4.69) is 5.32 Å². The number of carbonyl (C=O) groups excluding carboxylic acids is 1. The maximum atomic E-state index is 12.5. The van der Waals surface area contributed by atoms with Crippen molar-refractivity contribution in [3.8, 4) is 0 Å². The van der Waals surface area contributed by atoms with Crippen molar-refractivity contribution in [2.24, 2.45) is 5.92 Å². The third-order valence-corrected chi connectivity index (χ3v) is 5.53. The first-order valence-electron chi connectivity index (χ1n) is 8.13. The minimum Gasteiger partial charge on any atom is -0.481 e. The first-order chi connectivity index (χ1) is 11.3. The minimum absolute atomic E-state index is 0.0719. The summed E-state index contributed by atoms with van der Waals surface area (Å²) in [5, 5.41) is 12.2. The van der Waals surface area contributed by atoms with E-state index < -0.39 is 33.7 Å². The molecule has 0 aliphatic heterocycles. The maximum Gasteiger partial charge on any atom is 0.308 e. The van der Waals surface area contributed by atoms with Crippen LogP contribution in [-0.4, -0.2) is 37.7 Å². The van der Waals surface area contributed by atoms with E-state index in [-0.39, 0.29) is 10.5 Å². The van der Waals surface area contributed by atoms with Gasteiger partial charge in [-0.1, -0.05) is 31.7 Å². The first kappa shape index (κ1) is 18.4. The molecule has 1 aliphatic rings. The topological polar surface area (TPSA) is 101 Å². The summed E-state index contributed by atoms with van der Waals surface area (Å²) in [5.41, 5.74) is 0.226. The number of hydrogen-bond donors (Lipinski definition) is 2. The molecular formula is C17H23NO5S. The van der Waals surface area contributed by atoms with Gasteiger partial charge in [0.25, 0.3) is 5.91 Å². The second-order valence-electron chi connectivity index (χ2n) is 6.32. The molecule has 1 amide bonds. The molecule has 0 spiro atoms.